The maximum Gasteiger partial charge on any atom is 0.203 e. The Morgan fingerprint density at radius 1 is 1.24 bits per heavy atom. The highest BCUT2D eigenvalue weighted by molar-refractivity contribution is 7.12. The molecule has 0 saturated carbocycles. The summed E-state index contributed by atoms with van der Waals surface area (Å²) in [6.07, 6.45) is 0.744. The van der Waals surface area contributed by atoms with Gasteiger partial charge in [-0.25, -0.2) is 8.78 Å². The van der Waals surface area contributed by atoms with Crippen LogP contribution in [0.4, 0.5) is 8.78 Å². The van der Waals surface area contributed by atoms with E-state index in [-0.39, 0.29) is 11.3 Å². The molecular weight excluding hydrogens is 242 g/mol. The van der Waals surface area contributed by atoms with E-state index < -0.39 is 11.6 Å². The van der Waals surface area contributed by atoms with Gasteiger partial charge in [0, 0.05) is 5.56 Å². The molecule has 0 radical (unpaired) electrons. The average Bonchev–Trinajstić information content (AvgIpc) is 2.80. The van der Waals surface area contributed by atoms with E-state index in [1.165, 1.54) is 17.4 Å². The highest BCUT2D eigenvalue weighted by atomic mass is 32.1. The highest BCUT2D eigenvalue weighted by Gasteiger charge is 2.15. The minimum absolute atomic E-state index is 0.182. The van der Waals surface area contributed by atoms with Crippen molar-refractivity contribution in [2.75, 3.05) is 0 Å². The van der Waals surface area contributed by atoms with Crippen LogP contribution in [0.2, 0.25) is 0 Å². The van der Waals surface area contributed by atoms with E-state index in [2.05, 4.69) is 0 Å². The standard InChI is InChI=1S/C13H10F2OS/c1-2-8-5-6-17-13(8)12(16)9-3-4-10(14)11(15)7-9/h3-7H,2H2,1H3. The summed E-state index contributed by atoms with van der Waals surface area (Å²) >= 11 is 1.32. The van der Waals surface area contributed by atoms with Gasteiger partial charge in [-0.15, -0.1) is 11.3 Å². The van der Waals surface area contributed by atoms with Gasteiger partial charge in [0.05, 0.1) is 4.88 Å². The van der Waals surface area contributed by atoms with E-state index in [9.17, 15) is 13.6 Å². The number of carbonyl (C=O) groups is 1. The Hall–Kier alpha value is -1.55. The first-order valence-electron chi connectivity index (χ1n) is 5.19. The van der Waals surface area contributed by atoms with Crippen molar-refractivity contribution in [3.05, 3.63) is 57.3 Å². The predicted octanol–water partition coefficient (Wildman–Crippen LogP) is 3.82. The normalized spacial score (nSPS) is 10.5. The SMILES string of the molecule is CCc1ccsc1C(=O)c1ccc(F)c(F)c1. The fourth-order valence-corrected chi connectivity index (χ4v) is 2.54. The quantitative estimate of drug-likeness (QED) is 0.759. The van der Waals surface area contributed by atoms with Crippen LogP contribution in [-0.4, -0.2) is 5.78 Å². The zero-order chi connectivity index (χ0) is 12.4. The second-order valence-electron chi connectivity index (χ2n) is 3.59. The molecule has 1 nitrogen and oxygen atoms in total. The average molecular weight is 252 g/mol. The molecule has 1 aromatic heterocycles. The number of carbonyl (C=O) groups excluding carboxylic acids is 1. The number of ketones is 1. The Bertz CT molecular complexity index is 560. The summed E-state index contributed by atoms with van der Waals surface area (Å²) < 4.78 is 25.8. The molecule has 1 heterocycles. The van der Waals surface area contributed by atoms with Crippen LogP contribution < -0.4 is 0 Å². The minimum atomic E-state index is -0.995. The van der Waals surface area contributed by atoms with Crippen molar-refractivity contribution in [3.63, 3.8) is 0 Å². The first kappa shape index (κ1) is 11.9. The number of hydrogen-bond donors (Lipinski definition) is 0. The monoisotopic (exact) mass is 252 g/mol. The number of hydrogen-bond acceptors (Lipinski definition) is 2. The van der Waals surface area contributed by atoms with Crippen LogP contribution in [0, 0.1) is 11.6 Å². The lowest BCUT2D eigenvalue weighted by Gasteiger charge is -2.02. The van der Waals surface area contributed by atoms with Gasteiger partial charge in [0.15, 0.2) is 11.6 Å². The lowest BCUT2D eigenvalue weighted by atomic mass is 10.1. The molecule has 0 atom stereocenters. The molecule has 0 N–H and O–H groups in total. The molecule has 88 valence electrons. The highest BCUT2D eigenvalue weighted by Crippen LogP contribution is 2.22. The first-order chi connectivity index (χ1) is 8.13. The lowest BCUT2D eigenvalue weighted by molar-refractivity contribution is 0.104. The number of halogens is 2. The number of aryl methyl sites for hydroxylation is 1. The zero-order valence-corrected chi connectivity index (χ0v) is 9.98. The summed E-state index contributed by atoms with van der Waals surface area (Å²) in [7, 11) is 0. The van der Waals surface area contributed by atoms with E-state index in [1.807, 2.05) is 18.4 Å². The Kier molecular flexibility index (Phi) is 3.33. The van der Waals surface area contributed by atoms with Crippen molar-refractivity contribution in [2.24, 2.45) is 0 Å². The Balaban J connectivity index is 2.40. The molecule has 0 aliphatic carbocycles. The maximum absolute atomic E-state index is 13.0. The molecule has 0 saturated heterocycles. The van der Waals surface area contributed by atoms with Crippen LogP contribution >= 0.6 is 11.3 Å². The van der Waals surface area contributed by atoms with Crippen molar-refractivity contribution in [2.45, 2.75) is 13.3 Å². The molecule has 17 heavy (non-hydrogen) atoms. The van der Waals surface area contributed by atoms with Crippen molar-refractivity contribution >= 4 is 17.1 Å². The van der Waals surface area contributed by atoms with Gasteiger partial charge in [0.2, 0.25) is 5.78 Å². The maximum atomic E-state index is 13.0. The second-order valence-corrected chi connectivity index (χ2v) is 4.50. The summed E-state index contributed by atoms with van der Waals surface area (Å²) in [5.74, 6) is -2.19. The summed E-state index contributed by atoms with van der Waals surface area (Å²) in [5.41, 5.74) is 1.12. The summed E-state index contributed by atoms with van der Waals surface area (Å²) in [4.78, 5) is 12.7. The number of rotatable bonds is 3. The van der Waals surface area contributed by atoms with Crippen molar-refractivity contribution < 1.29 is 13.6 Å². The molecule has 0 bridgehead atoms. The molecule has 2 rings (SSSR count). The Morgan fingerprint density at radius 3 is 2.65 bits per heavy atom. The van der Waals surface area contributed by atoms with E-state index in [0.29, 0.717) is 4.88 Å². The predicted molar refractivity (Wildman–Crippen MR) is 63.5 cm³/mol. The molecule has 4 heteroatoms. The minimum Gasteiger partial charge on any atom is -0.288 e. The number of benzene rings is 1. The van der Waals surface area contributed by atoms with Gasteiger partial charge in [-0.3, -0.25) is 4.79 Å². The molecule has 0 amide bonds. The second kappa shape index (κ2) is 4.75. The fraction of sp³-hybridized carbons (Fsp3) is 0.154. The summed E-state index contributed by atoms with van der Waals surface area (Å²) in [5, 5.41) is 1.83. The molecule has 0 aliphatic rings. The fourth-order valence-electron chi connectivity index (χ4n) is 1.58. The van der Waals surface area contributed by atoms with Gasteiger partial charge < -0.3 is 0 Å². The molecular formula is C13H10F2OS. The van der Waals surface area contributed by atoms with E-state index >= 15 is 0 Å². The van der Waals surface area contributed by atoms with E-state index in [4.69, 9.17) is 0 Å². The van der Waals surface area contributed by atoms with Crippen LogP contribution in [0.1, 0.15) is 27.7 Å². The molecule has 0 spiro atoms. The van der Waals surface area contributed by atoms with Crippen molar-refractivity contribution in [1.29, 1.82) is 0 Å². The first-order valence-corrected chi connectivity index (χ1v) is 6.07. The smallest absolute Gasteiger partial charge is 0.203 e. The van der Waals surface area contributed by atoms with Crippen LogP contribution in [0.5, 0.6) is 0 Å². The van der Waals surface area contributed by atoms with Crippen molar-refractivity contribution in [3.8, 4) is 0 Å². The lowest BCUT2D eigenvalue weighted by Crippen LogP contribution is -2.02. The summed E-state index contributed by atoms with van der Waals surface area (Å²) in [6, 6.07) is 5.09. The third-order valence-corrected chi connectivity index (χ3v) is 3.47. The Labute approximate surface area is 102 Å². The van der Waals surface area contributed by atoms with Crippen molar-refractivity contribution in [1.82, 2.24) is 0 Å². The third-order valence-electron chi connectivity index (χ3n) is 2.52. The van der Waals surface area contributed by atoms with Crippen LogP contribution in [0.15, 0.2) is 29.6 Å². The molecule has 0 unspecified atom stereocenters. The topological polar surface area (TPSA) is 17.1 Å². The molecule has 0 fully saturated rings. The number of thiophene rings is 1. The van der Waals surface area contributed by atoms with Crippen LogP contribution in [-0.2, 0) is 6.42 Å². The van der Waals surface area contributed by atoms with Gasteiger partial charge in [0.1, 0.15) is 0 Å². The van der Waals surface area contributed by atoms with E-state index in [1.54, 1.807) is 0 Å². The Morgan fingerprint density at radius 2 is 2.00 bits per heavy atom. The molecule has 1 aromatic carbocycles. The van der Waals surface area contributed by atoms with Gasteiger partial charge >= 0.3 is 0 Å². The zero-order valence-electron chi connectivity index (χ0n) is 9.17. The summed E-state index contributed by atoms with van der Waals surface area (Å²) in [6.45, 7) is 1.95. The van der Waals surface area contributed by atoms with E-state index in [0.717, 1.165) is 24.1 Å². The third kappa shape index (κ3) is 2.26. The van der Waals surface area contributed by atoms with Gasteiger partial charge in [-0.2, -0.15) is 0 Å². The van der Waals surface area contributed by atoms with Crippen LogP contribution in [0.3, 0.4) is 0 Å². The van der Waals surface area contributed by atoms with Gasteiger partial charge in [-0.1, -0.05) is 6.92 Å². The van der Waals surface area contributed by atoms with Gasteiger partial charge in [-0.05, 0) is 41.6 Å². The van der Waals surface area contributed by atoms with Crippen LogP contribution in [0.25, 0.3) is 0 Å². The molecule has 0 aliphatic heterocycles. The van der Waals surface area contributed by atoms with Gasteiger partial charge in [0.25, 0.3) is 0 Å². The molecule has 2 aromatic rings. The largest absolute Gasteiger partial charge is 0.288 e.